The molecule has 2 fully saturated rings. The molecular weight excluding hydrogens is 466 g/mol. The van der Waals surface area contributed by atoms with Crippen molar-refractivity contribution in [2.24, 2.45) is 5.92 Å². The molecule has 8 nitrogen and oxygen atoms in total. The number of sulfone groups is 1. The molecule has 2 aromatic rings. The van der Waals surface area contributed by atoms with Crippen LogP contribution in [0, 0.1) is 5.92 Å². The third-order valence-electron chi connectivity index (χ3n) is 6.14. The van der Waals surface area contributed by atoms with E-state index in [1.807, 2.05) is 0 Å². The fourth-order valence-electron chi connectivity index (χ4n) is 4.45. The Kier molecular flexibility index (Phi) is 7.63. The van der Waals surface area contributed by atoms with Crippen molar-refractivity contribution in [2.75, 3.05) is 24.6 Å². The average molecular weight is 494 g/mol. The smallest absolute Gasteiger partial charge is 0.232 e. The van der Waals surface area contributed by atoms with Gasteiger partial charge in [0.2, 0.25) is 5.91 Å². The van der Waals surface area contributed by atoms with Crippen LogP contribution < -0.4 is 4.90 Å². The molecule has 1 aromatic carbocycles. The number of halogens is 1. The van der Waals surface area contributed by atoms with Crippen LogP contribution in [-0.2, 0) is 30.5 Å². The van der Waals surface area contributed by atoms with Crippen molar-refractivity contribution in [2.45, 2.75) is 55.9 Å². The zero-order chi connectivity index (χ0) is 23.4. The van der Waals surface area contributed by atoms with Crippen LogP contribution in [0.3, 0.4) is 0 Å². The van der Waals surface area contributed by atoms with E-state index in [-0.39, 0.29) is 28.7 Å². The van der Waals surface area contributed by atoms with Crippen molar-refractivity contribution >= 4 is 38.9 Å². The molecule has 2 heterocycles. The van der Waals surface area contributed by atoms with Crippen LogP contribution in [0.4, 0.5) is 11.5 Å². The summed E-state index contributed by atoms with van der Waals surface area (Å²) >= 11 is 6.32. The summed E-state index contributed by atoms with van der Waals surface area (Å²) in [6.07, 6.45) is 10.4. The van der Waals surface area contributed by atoms with Crippen molar-refractivity contribution in [3.05, 3.63) is 41.3 Å². The molecule has 1 atom stereocenters. The van der Waals surface area contributed by atoms with Crippen molar-refractivity contribution in [1.82, 2.24) is 9.97 Å². The number of carbonyl (C=O) groups excluding carboxylic acids is 1. The highest BCUT2D eigenvalue weighted by Gasteiger charge is 2.28. The van der Waals surface area contributed by atoms with Gasteiger partial charge in [-0.2, -0.15) is 0 Å². The third-order valence-corrected chi connectivity index (χ3v) is 7.72. The van der Waals surface area contributed by atoms with E-state index in [4.69, 9.17) is 21.1 Å². The Morgan fingerprint density at radius 2 is 1.97 bits per heavy atom. The maximum atomic E-state index is 13.5. The zero-order valence-corrected chi connectivity index (χ0v) is 20.1. The van der Waals surface area contributed by atoms with Crippen LogP contribution in [0.25, 0.3) is 0 Å². The van der Waals surface area contributed by atoms with Gasteiger partial charge >= 0.3 is 0 Å². The summed E-state index contributed by atoms with van der Waals surface area (Å²) in [7, 11) is -3.50. The first kappa shape index (κ1) is 24.1. The van der Waals surface area contributed by atoms with Crippen LogP contribution in [0.15, 0.2) is 35.5 Å². The normalized spacial score (nSPS) is 19.2. The SMILES string of the molecule is CS(=O)(=O)c1ccc(N(C(=O)CCC2CCCC2)c2nccnc2C[C@@H]2COCO2)cc1Cl. The van der Waals surface area contributed by atoms with Gasteiger partial charge in [0.15, 0.2) is 15.7 Å². The Labute approximate surface area is 199 Å². The maximum absolute atomic E-state index is 13.5. The molecule has 1 amide bonds. The quantitative estimate of drug-likeness (QED) is 0.546. The first-order chi connectivity index (χ1) is 15.8. The van der Waals surface area contributed by atoms with Gasteiger partial charge in [0.25, 0.3) is 0 Å². The lowest BCUT2D eigenvalue weighted by Gasteiger charge is -2.25. The van der Waals surface area contributed by atoms with E-state index in [0.717, 1.165) is 25.5 Å². The van der Waals surface area contributed by atoms with Gasteiger partial charge in [-0.05, 0) is 30.5 Å². The molecule has 1 aliphatic heterocycles. The van der Waals surface area contributed by atoms with E-state index in [2.05, 4.69) is 9.97 Å². The number of anilines is 2. The molecule has 0 spiro atoms. The lowest BCUT2D eigenvalue weighted by molar-refractivity contribution is -0.118. The molecule has 1 saturated heterocycles. The molecule has 1 aliphatic carbocycles. The molecule has 2 aliphatic rings. The van der Waals surface area contributed by atoms with Gasteiger partial charge in [0.05, 0.1) is 34.0 Å². The van der Waals surface area contributed by atoms with E-state index in [1.54, 1.807) is 12.3 Å². The molecule has 1 aromatic heterocycles. The maximum Gasteiger partial charge on any atom is 0.232 e. The Bertz CT molecular complexity index is 1100. The minimum Gasteiger partial charge on any atom is -0.353 e. The predicted octanol–water partition coefficient (Wildman–Crippen LogP) is 4.08. The van der Waals surface area contributed by atoms with E-state index in [1.165, 1.54) is 36.1 Å². The lowest BCUT2D eigenvalue weighted by Crippen LogP contribution is -2.29. The number of ether oxygens (including phenoxy) is 2. The Balaban J connectivity index is 1.69. The fraction of sp³-hybridized carbons (Fsp3) is 0.522. The summed E-state index contributed by atoms with van der Waals surface area (Å²) in [6.45, 7) is 0.674. The Hall–Kier alpha value is -2.07. The number of benzene rings is 1. The fourth-order valence-corrected chi connectivity index (χ4v) is 5.77. The van der Waals surface area contributed by atoms with Gasteiger partial charge < -0.3 is 9.47 Å². The van der Waals surface area contributed by atoms with Crippen molar-refractivity contribution in [3.8, 4) is 0 Å². The van der Waals surface area contributed by atoms with Gasteiger partial charge in [0, 0.05) is 31.5 Å². The van der Waals surface area contributed by atoms with Crippen molar-refractivity contribution in [1.29, 1.82) is 0 Å². The number of hydrogen-bond donors (Lipinski definition) is 0. The molecule has 1 saturated carbocycles. The third kappa shape index (κ3) is 5.90. The number of rotatable bonds is 8. The second kappa shape index (κ2) is 10.5. The summed E-state index contributed by atoms with van der Waals surface area (Å²) < 4.78 is 34.9. The Morgan fingerprint density at radius 1 is 1.21 bits per heavy atom. The molecule has 0 radical (unpaired) electrons. The number of aromatic nitrogens is 2. The Morgan fingerprint density at radius 3 is 2.64 bits per heavy atom. The number of hydrogen-bond acceptors (Lipinski definition) is 7. The molecule has 0 N–H and O–H groups in total. The molecule has 4 rings (SSSR count). The van der Waals surface area contributed by atoms with Crippen LogP contribution in [0.5, 0.6) is 0 Å². The van der Waals surface area contributed by atoms with E-state index in [0.29, 0.717) is 42.6 Å². The summed E-state index contributed by atoms with van der Waals surface area (Å²) in [6, 6.07) is 4.51. The number of amides is 1. The highest BCUT2D eigenvalue weighted by atomic mass is 35.5. The summed E-state index contributed by atoms with van der Waals surface area (Å²) in [5, 5.41) is 0.0570. The zero-order valence-electron chi connectivity index (χ0n) is 18.6. The number of carbonyl (C=O) groups is 1. The van der Waals surface area contributed by atoms with Crippen molar-refractivity contribution < 1.29 is 22.7 Å². The topological polar surface area (TPSA) is 98.7 Å². The first-order valence-electron chi connectivity index (χ1n) is 11.1. The second-order valence-corrected chi connectivity index (χ2v) is 11.0. The van der Waals surface area contributed by atoms with Crippen LogP contribution in [0.1, 0.15) is 44.2 Å². The largest absolute Gasteiger partial charge is 0.353 e. The summed E-state index contributed by atoms with van der Waals surface area (Å²) in [4.78, 5) is 24.0. The average Bonchev–Trinajstić information content (AvgIpc) is 3.47. The predicted molar refractivity (Wildman–Crippen MR) is 124 cm³/mol. The second-order valence-electron chi connectivity index (χ2n) is 8.61. The van der Waals surface area contributed by atoms with Gasteiger partial charge in [-0.15, -0.1) is 0 Å². The van der Waals surface area contributed by atoms with E-state index < -0.39 is 9.84 Å². The summed E-state index contributed by atoms with van der Waals surface area (Å²) in [5.41, 5.74) is 1.06. The standard InChI is InChI=1S/C23H28ClN3O5S/c1-33(29,30)21-8-7-17(12-19(21)24)27(22(28)9-6-16-4-2-3-5-16)23-20(25-10-11-26-23)13-18-14-31-15-32-18/h7-8,10-12,16,18H,2-6,9,13-15H2,1H3/t18-/m1/s1. The number of nitrogens with zero attached hydrogens (tertiary/aromatic N) is 3. The minimum atomic E-state index is -3.50. The van der Waals surface area contributed by atoms with Crippen LogP contribution >= 0.6 is 11.6 Å². The van der Waals surface area contributed by atoms with Crippen molar-refractivity contribution in [3.63, 3.8) is 0 Å². The molecular formula is C23H28ClN3O5S. The summed E-state index contributed by atoms with van der Waals surface area (Å²) in [5.74, 6) is 0.820. The van der Waals surface area contributed by atoms with Gasteiger partial charge in [0.1, 0.15) is 6.79 Å². The molecule has 0 unspecified atom stereocenters. The van der Waals surface area contributed by atoms with Crippen LogP contribution in [0.2, 0.25) is 5.02 Å². The molecule has 0 bridgehead atoms. The molecule has 33 heavy (non-hydrogen) atoms. The van der Waals surface area contributed by atoms with Gasteiger partial charge in [-0.1, -0.05) is 37.3 Å². The molecule has 178 valence electrons. The highest BCUT2D eigenvalue weighted by Crippen LogP contribution is 2.34. The first-order valence-corrected chi connectivity index (χ1v) is 13.4. The van der Waals surface area contributed by atoms with Crippen LogP contribution in [-0.4, -0.2) is 50.1 Å². The van der Waals surface area contributed by atoms with Gasteiger partial charge in [-0.25, -0.2) is 13.4 Å². The highest BCUT2D eigenvalue weighted by molar-refractivity contribution is 7.90. The van der Waals surface area contributed by atoms with E-state index in [9.17, 15) is 13.2 Å². The lowest BCUT2D eigenvalue weighted by atomic mass is 10.0. The minimum absolute atomic E-state index is 0.0159. The molecule has 10 heteroatoms. The van der Waals surface area contributed by atoms with Gasteiger partial charge in [-0.3, -0.25) is 14.7 Å². The van der Waals surface area contributed by atoms with E-state index >= 15 is 0 Å². The monoisotopic (exact) mass is 493 g/mol.